The number of rotatable bonds is 2. The van der Waals surface area contributed by atoms with Gasteiger partial charge in [0.2, 0.25) is 0 Å². The molecule has 2 aromatic carbocycles. The molecule has 0 aliphatic carbocycles. The molecule has 4 nitrogen and oxygen atoms in total. The van der Waals surface area contributed by atoms with Crippen LogP contribution in [0.4, 0.5) is 23.0 Å². The maximum Gasteiger partial charge on any atom is 0.177 e. The molecule has 0 atom stereocenters. The van der Waals surface area contributed by atoms with Gasteiger partial charge in [0.25, 0.3) is 0 Å². The van der Waals surface area contributed by atoms with Crippen molar-refractivity contribution in [2.75, 3.05) is 22.9 Å². The lowest BCUT2D eigenvalue weighted by Crippen LogP contribution is -2.31. The first-order valence-electron chi connectivity index (χ1n) is 7.74. The van der Waals surface area contributed by atoms with Gasteiger partial charge >= 0.3 is 0 Å². The van der Waals surface area contributed by atoms with Gasteiger partial charge in [-0.25, -0.2) is 9.97 Å². The smallest absolute Gasteiger partial charge is 0.177 e. The van der Waals surface area contributed by atoms with Gasteiger partial charge in [-0.2, -0.15) is 0 Å². The third-order valence-electron chi connectivity index (χ3n) is 4.14. The van der Waals surface area contributed by atoms with E-state index in [9.17, 15) is 0 Å². The van der Waals surface area contributed by atoms with E-state index in [1.165, 1.54) is 11.4 Å². The Morgan fingerprint density at radius 3 is 1.50 bits per heavy atom. The molecule has 0 spiro atoms. The van der Waals surface area contributed by atoms with Crippen molar-refractivity contribution in [2.24, 2.45) is 0 Å². The number of hydrogen-bond acceptors (Lipinski definition) is 4. The fraction of sp³-hybridized carbons (Fsp3) is 0.222. The summed E-state index contributed by atoms with van der Waals surface area (Å²) in [6.07, 6.45) is 0. The third-order valence-corrected chi connectivity index (χ3v) is 4.14. The maximum atomic E-state index is 4.89. The molecule has 22 heavy (non-hydrogen) atoms. The fourth-order valence-electron chi connectivity index (χ4n) is 3.13. The zero-order valence-electron chi connectivity index (χ0n) is 12.8. The Kier molecular flexibility index (Phi) is 2.96. The van der Waals surface area contributed by atoms with Crippen molar-refractivity contribution in [3.05, 3.63) is 48.5 Å². The van der Waals surface area contributed by atoms with Crippen molar-refractivity contribution < 1.29 is 0 Å². The summed E-state index contributed by atoms with van der Waals surface area (Å²) < 4.78 is 0. The minimum absolute atomic E-state index is 0.870. The van der Waals surface area contributed by atoms with Crippen LogP contribution >= 0.6 is 0 Å². The molecule has 1 aromatic heterocycles. The fourth-order valence-corrected chi connectivity index (χ4v) is 3.13. The number of nitrogens with zero attached hydrogens (tertiary/aromatic N) is 4. The Hall–Kier alpha value is -2.62. The van der Waals surface area contributed by atoms with Crippen LogP contribution in [-0.2, 0) is 0 Å². The Morgan fingerprint density at radius 1 is 0.682 bits per heavy atom. The Morgan fingerprint density at radius 2 is 1.09 bits per heavy atom. The van der Waals surface area contributed by atoms with Crippen LogP contribution in [0, 0.1) is 0 Å². The summed E-state index contributed by atoms with van der Waals surface area (Å²) in [5, 5.41) is 0. The Labute approximate surface area is 130 Å². The number of hydrogen-bond donors (Lipinski definition) is 0. The largest absolute Gasteiger partial charge is 0.322 e. The van der Waals surface area contributed by atoms with Crippen LogP contribution in [-0.4, -0.2) is 23.1 Å². The van der Waals surface area contributed by atoms with Gasteiger partial charge in [0.05, 0.1) is 22.4 Å². The van der Waals surface area contributed by atoms with Gasteiger partial charge in [-0.05, 0) is 38.1 Å². The number of para-hydroxylation sites is 4. The minimum Gasteiger partial charge on any atom is -0.322 e. The number of benzene rings is 2. The second-order valence-corrected chi connectivity index (χ2v) is 5.34. The lowest BCUT2D eigenvalue weighted by atomic mass is 10.1. The van der Waals surface area contributed by atoms with Crippen molar-refractivity contribution in [3.63, 3.8) is 0 Å². The van der Waals surface area contributed by atoms with Crippen LogP contribution in [0.25, 0.3) is 11.0 Å². The zero-order chi connectivity index (χ0) is 15.1. The molecule has 4 heteroatoms. The predicted octanol–water partition coefficient (Wildman–Crippen LogP) is 4.26. The van der Waals surface area contributed by atoms with E-state index in [4.69, 9.17) is 9.97 Å². The van der Waals surface area contributed by atoms with E-state index in [1.54, 1.807) is 0 Å². The lowest BCUT2D eigenvalue weighted by Gasteiger charge is -2.37. The van der Waals surface area contributed by atoms with E-state index >= 15 is 0 Å². The number of anilines is 4. The number of aromatic nitrogens is 2. The predicted molar refractivity (Wildman–Crippen MR) is 91.3 cm³/mol. The molecule has 110 valence electrons. The van der Waals surface area contributed by atoms with E-state index in [-0.39, 0.29) is 0 Å². The quantitative estimate of drug-likeness (QED) is 0.706. The van der Waals surface area contributed by atoms with Crippen molar-refractivity contribution in [1.29, 1.82) is 0 Å². The Bertz CT molecular complexity index is 774. The first-order chi connectivity index (χ1) is 10.8. The molecule has 1 aliphatic heterocycles. The summed E-state index contributed by atoms with van der Waals surface area (Å²) in [6.45, 7) is 6.04. The molecule has 0 saturated heterocycles. The molecule has 0 radical (unpaired) electrons. The molecule has 0 N–H and O–H groups in total. The van der Waals surface area contributed by atoms with E-state index in [0.29, 0.717) is 0 Å². The Balaban J connectivity index is 2.03. The summed E-state index contributed by atoms with van der Waals surface area (Å²) in [6, 6.07) is 16.5. The highest BCUT2D eigenvalue weighted by molar-refractivity contribution is 5.93. The van der Waals surface area contributed by atoms with Crippen LogP contribution in [0.1, 0.15) is 13.8 Å². The molecule has 0 fully saturated rings. The summed E-state index contributed by atoms with van der Waals surface area (Å²) in [7, 11) is 0. The molecule has 3 aromatic rings. The van der Waals surface area contributed by atoms with Crippen LogP contribution in [0.5, 0.6) is 0 Å². The van der Waals surface area contributed by atoms with Gasteiger partial charge in [0, 0.05) is 13.1 Å². The van der Waals surface area contributed by atoms with Crippen LogP contribution in [0.2, 0.25) is 0 Å². The van der Waals surface area contributed by atoms with Crippen LogP contribution in [0.15, 0.2) is 48.5 Å². The maximum absolute atomic E-state index is 4.89. The topological polar surface area (TPSA) is 32.3 Å². The van der Waals surface area contributed by atoms with Gasteiger partial charge in [-0.3, -0.25) is 0 Å². The molecule has 4 rings (SSSR count). The molecule has 0 amide bonds. The average molecular weight is 290 g/mol. The standard InChI is InChI=1S/C18H18N4/c1-3-21-15-11-7-8-12-16(15)22(4-2)18-17(21)19-13-9-5-6-10-14(13)20-18/h5-12H,3-4H2,1-2H3. The van der Waals surface area contributed by atoms with E-state index in [2.05, 4.69) is 47.9 Å². The van der Waals surface area contributed by atoms with Gasteiger partial charge in [-0.15, -0.1) is 0 Å². The van der Waals surface area contributed by atoms with Gasteiger partial charge < -0.3 is 9.80 Å². The highest BCUT2D eigenvalue weighted by atomic mass is 15.3. The third kappa shape index (κ3) is 1.77. The summed E-state index contributed by atoms with van der Waals surface area (Å²) in [5.41, 5.74) is 4.28. The van der Waals surface area contributed by atoms with Gasteiger partial charge in [-0.1, -0.05) is 24.3 Å². The van der Waals surface area contributed by atoms with E-state index in [0.717, 1.165) is 35.8 Å². The molecule has 2 heterocycles. The molecule has 1 aliphatic rings. The normalized spacial score (nSPS) is 13.2. The zero-order valence-corrected chi connectivity index (χ0v) is 12.8. The summed E-state index contributed by atoms with van der Waals surface area (Å²) in [5.74, 6) is 1.89. The monoisotopic (exact) mass is 290 g/mol. The first kappa shape index (κ1) is 13.1. The van der Waals surface area contributed by atoms with Crippen molar-refractivity contribution in [1.82, 2.24) is 9.97 Å². The molecule has 0 bridgehead atoms. The summed E-state index contributed by atoms with van der Waals surface area (Å²) in [4.78, 5) is 14.3. The lowest BCUT2D eigenvalue weighted by molar-refractivity contribution is 0.908. The number of fused-ring (bicyclic) bond motifs is 3. The summed E-state index contributed by atoms with van der Waals surface area (Å²) >= 11 is 0. The molecular formula is C18H18N4. The van der Waals surface area contributed by atoms with E-state index in [1.807, 2.05) is 24.3 Å². The van der Waals surface area contributed by atoms with Crippen molar-refractivity contribution >= 4 is 34.0 Å². The molecular weight excluding hydrogens is 272 g/mol. The van der Waals surface area contributed by atoms with Gasteiger partial charge in [0.15, 0.2) is 11.6 Å². The van der Waals surface area contributed by atoms with Crippen molar-refractivity contribution in [2.45, 2.75) is 13.8 Å². The first-order valence-corrected chi connectivity index (χ1v) is 7.74. The highest BCUT2D eigenvalue weighted by Crippen LogP contribution is 2.45. The second-order valence-electron chi connectivity index (χ2n) is 5.34. The minimum atomic E-state index is 0.870. The van der Waals surface area contributed by atoms with Gasteiger partial charge in [0.1, 0.15) is 0 Å². The second kappa shape index (κ2) is 4.98. The average Bonchev–Trinajstić information content (AvgIpc) is 2.58. The molecule has 0 unspecified atom stereocenters. The van der Waals surface area contributed by atoms with Crippen LogP contribution in [0.3, 0.4) is 0 Å². The highest BCUT2D eigenvalue weighted by Gasteiger charge is 2.29. The van der Waals surface area contributed by atoms with Crippen molar-refractivity contribution in [3.8, 4) is 0 Å². The van der Waals surface area contributed by atoms with Crippen LogP contribution < -0.4 is 9.80 Å². The SMILES string of the molecule is CCN1c2ccccc2N(CC)c2nc3ccccc3nc21. The molecule has 0 saturated carbocycles. The van der Waals surface area contributed by atoms with E-state index < -0.39 is 0 Å².